The summed E-state index contributed by atoms with van der Waals surface area (Å²) in [5.41, 5.74) is 0.659. The molecule has 2 aromatic carbocycles. The molecule has 0 unspecified atom stereocenters. The van der Waals surface area contributed by atoms with Crippen LogP contribution >= 0.6 is 0 Å². The third-order valence-corrected chi connectivity index (χ3v) is 3.86. The molecular formula is C15H17NO6S. The summed E-state index contributed by atoms with van der Waals surface area (Å²) in [6.45, 7) is -0.00369. The summed E-state index contributed by atoms with van der Waals surface area (Å²) < 4.78 is 41.2. The second-order valence-corrected chi connectivity index (χ2v) is 5.88. The molecule has 0 bridgehead atoms. The van der Waals surface area contributed by atoms with Crippen molar-refractivity contribution in [2.45, 2.75) is 6.54 Å². The fourth-order valence-electron chi connectivity index (χ4n) is 1.84. The van der Waals surface area contributed by atoms with Crippen LogP contribution in [0.4, 0.5) is 0 Å². The summed E-state index contributed by atoms with van der Waals surface area (Å²) in [6.07, 6.45) is 0. The number of nitrogens with one attached hydrogen (secondary N) is 1. The number of benzene rings is 2. The molecule has 0 heterocycles. The molecule has 2 aromatic rings. The number of phenolic OH excluding ortho intramolecular Hbond substituents is 1. The van der Waals surface area contributed by atoms with Gasteiger partial charge in [-0.1, -0.05) is 18.2 Å². The van der Waals surface area contributed by atoms with Crippen molar-refractivity contribution in [2.24, 2.45) is 0 Å². The maximum absolute atomic E-state index is 11.9. The van der Waals surface area contributed by atoms with Crippen molar-refractivity contribution in [1.29, 1.82) is 0 Å². The lowest BCUT2D eigenvalue weighted by molar-refractivity contribution is 0.354. The van der Waals surface area contributed by atoms with Gasteiger partial charge in [0, 0.05) is 6.54 Å². The van der Waals surface area contributed by atoms with Gasteiger partial charge in [0.1, 0.15) is 0 Å². The van der Waals surface area contributed by atoms with E-state index in [2.05, 4.69) is 4.72 Å². The zero-order chi connectivity index (χ0) is 16.9. The zero-order valence-electron chi connectivity index (χ0n) is 12.6. The first-order chi connectivity index (χ1) is 10.9. The first kappa shape index (κ1) is 16.9. The van der Waals surface area contributed by atoms with Crippen molar-refractivity contribution in [1.82, 2.24) is 4.72 Å². The van der Waals surface area contributed by atoms with Crippen LogP contribution in [0, 0.1) is 0 Å². The Morgan fingerprint density at radius 1 is 1.00 bits per heavy atom. The zero-order valence-corrected chi connectivity index (χ0v) is 13.5. The number of rotatable bonds is 7. The minimum Gasteiger partial charge on any atom is -0.504 e. The molecule has 124 valence electrons. The van der Waals surface area contributed by atoms with Crippen molar-refractivity contribution >= 4 is 10.3 Å². The van der Waals surface area contributed by atoms with Crippen LogP contribution < -0.4 is 18.4 Å². The molecular weight excluding hydrogens is 322 g/mol. The minimum absolute atomic E-state index is 0.00369. The van der Waals surface area contributed by atoms with E-state index in [0.717, 1.165) is 0 Å². The molecule has 0 aromatic heterocycles. The van der Waals surface area contributed by atoms with Crippen molar-refractivity contribution in [3.8, 4) is 23.0 Å². The summed E-state index contributed by atoms with van der Waals surface area (Å²) >= 11 is 0. The van der Waals surface area contributed by atoms with E-state index in [1.807, 2.05) is 0 Å². The van der Waals surface area contributed by atoms with E-state index in [1.54, 1.807) is 30.3 Å². The number of hydrogen-bond donors (Lipinski definition) is 2. The Labute approximate surface area is 134 Å². The maximum atomic E-state index is 11.9. The summed E-state index contributed by atoms with van der Waals surface area (Å²) in [4.78, 5) is 0. The Hall–Kier alpha value is -2.45. The predicted molar refractivity (Wildman–Crippen MR) is 84.0 cm³/mol. The van der Waals surface area contributed by atoms with Gasteiger partial charge in [-0.3, -0.25) is 0 Å². The number of methoxy groups -OCH3 is 2. The van der Waals surface area contributed by atoms with Crippen LogP contribution in [0.1, 0.15) is 5.56 Å². The Bertz CT molecular complexity index is 775. The van der Waals surface area contributed by atoms with Gasteiger partial charge >= 0.3 is 10.3 Å². The fraction of sp³-hybridized carbons (Fsp3) is 0.200. The smallest absolute Gasteiger partial charge is 0.383 e. The molecule has 23 heavy (non-hydrogen) atoms. The summed E-state index contributed by atoms with van der Waals surface area (Å²) in [5, 5.41) is 9.54. The third kappa shape index (κ3) is 4.51. The average molecular weight is 339 g/mol. The van der Waals surface area contributed by atoms with Gasteiger partial charge in [-0.15, -0.1) is 0 Å². The molecule has 2 rings (SSSR count). The van der Waals surface area contributed by atoms with E-state index < -0.39 is 10.3 Å². The standard InChI is InChI=1S/C15H17NO6S/c1-20-14-8-7-11(9-15(14)21-2)10-16-23(18,19)22-13-6-4-3-5-12(13)17/h3-9,16-17H,10H2,1-2H3. The van der Waals surface area contributed by atoms with Crippen LogP contribution in [-0.4, -0.2) is 27.7 Å². The molecule has 0 saturated carbocycles. The van der Waals surface area contributed by atoms with Crippen molar-refractivity contribution in [3.63, 3.8) is 0 Å². The van der Waals surface area contributed by atoms with E-state index in [4.69, 9.17) is 13.7 Å². The van der Waals surface area contributed by atoms with Gasteiger partial charge in [-0.25, -0.2) is 0 Å². The van der Waals surface area contributed by atoms with Gasteiger partial charge in [0.25, 0.3) is 0 Å². The number of para-hydroxylation sites is 2. The minimum atomic E-state index is -4.07. The van der Waals surface area contributed by atoms with Crippen LogP contribution in [0.3, 0.4) is 0 Å². The molecule has 0 aliphatic carbocycles. The SMILES string of the molecule is COc1ccc(CNS(=O)(=O)Oc2ccccc2O)cc1OC. The number of ether oxygens (including phenoxy) is 2. The highest BCUT2D eigenvalue weighted by atomic mass is 32.2. The molecule has 0 amide bonds. The van der Waals surface area contributed by atoms with E-state index in [-0.39, 0.29) is 18.0 Å². The van der Waals surface area contributed by atoms with Crippen molar-refractivity contribution in [3.05, 3.63) is 48.0 Å². The number of hydrogen-bond acceptors (Lipinski definition) is 6. The molecule has 0 aliphatic heterocycles. The van der Waals surface area contributed by atoms with Gasteiger partial charge in [0.2, 0.25) is 0 Å². The highest BCUT2D eigenvalue weighted by molar-refractivity contribution is 7.85. The monoisotopic (exact) mass is 339 g/mol. The van der Waals surface area contributed by atoms with Crippen LogP contribution in [0.15, 0.2) is 42.5 Å². The Morgan fingerprint density at radius 3 is 2.35 bits per heavy atom. The highest BCUT2D eigenvalue weighted by Crippen LogP contribution is 2.28. The molecule has 0 radical (unpaired) electrons. The first-order valence-electron chi connectivity index (χ1n) is 6.63. The third-order valence-electron chi connectivity index (χ3n) is 2.97. The quantitative estimate of drug-likeness (QED) is 0.799. The Morgan fingerprint density at radius 2 is 1.70 bits per heavy atom. The molecule has 7 nitrogen and oxygen atoms in total. The Kier molecular flexibility index (Phi) is 5.30. The molecule has 2 N–H and O–H groups in total. The first-order valence-corrected chi connectivity index (χ1v) is 8.04. The molecule has 0 saturated heterocycles. The molecule has 0 aliphatic rings. The molecule has 0 atom stereocenters. The maximum Gasteiger partial charge on any atom is 0.383 e. The lowest BCUT2D eigenvalue weighted by Gasteiger charge is -2.11. The van der Waals surface area contributed by atoms with E-state index in [0.29, 0.717) is 17.1 Å². The number of aromatic hydroxyl groups is 1. The molecule has 8 heteroatoms. The molecule has 0 spiro atoms. The average Bonchev–Trinajstić information content (AvgIpc) is 2.54. The predicted octanol–water partition coefficient (Wildman–Crippen LogP) is 1.82. The van der Waals surface area contributed by atoms with Gasteiger partial charge in [0.15, 0.2) is 23.0 Å². The van der Waals surface area contributed by atoms with E-state index in [1.165, 1.54) is 26.4 Å². The van der Waals surface area contributed by atoms with Gasteiger partial charge in [-0.05, 0) is 29.8 Å². The molecule has 0 fully saturated rings. The van der Waals surface area contributed by atoms with Gasteiger partial charge < -0.3 is 18.8 Å². The van der Waals surface area contributed by atoms with E-state index >= 15 is 0 Å². The van der Waals surface area contributed by atoms with Crippen LogP contribution in [0.2, 0.25) is 0 Å². The van der Waals surface area contributed by atoms with E-state index in [9.17, 15) is 13.5 Å². The Balaban J connectivity index is 2.06. The van der Waals surface area contributed by atoms with Gasteiger partial charge in [0.05, 0.1) is 14.2 Å². The van der Waals surface area contributed by atoms with Crippen LogP contribution in [0.25, 0.3) is 0 Å². The summed E-state index contributed by atoms with van der Waals surface area (Å²) in [5.74, 6) is 0.631. The fourth-order valence-corrected chi connectivity index (χ4v) is 2.62. The van der Waals surface area contributed by atoms with Crippen molar-refractivity contribution < 1.29 is 27.2 Å². The topological polar surface area (TPSA) is 94.1 Å². The largest absolute Gasteiger partial charge is 0.504 e. The summed E-state index contributed by atoms with van der Waals surface area (Å²) in [7, 11) is -1.07. The normalized spacial score (nSPS) is 11.0. The lowest BCUT2D eigenvalue weighted by atomic mass is 10.2. The highest BCUT2D eigenvalue weighted by Gasteiger charge is 2.15. The second-order valence-electron chi connectivity index (χ2n) is 4.52. The summed E-state index contributed by atoms with van der Waals surface area (Å²) in [6, 6.07) is 10.8. The van der Waals surface area contributed by atoms with Gasteiger partial charge in [-0.2, -0.15) is 13.1 Å². The number of phenols is 1. The van der Waals surface area contributed by atoms with Crippen LogP contribution in [0.5, 0.6) is 23.0 Å². The lowest BCUT2D eigenvalue weighted by Crippen LogP contribution is -2.27. The van der Waals surface area contributed by atoms with Crippen molar-refractivity contribution in [2.75, 3.05) is 14.2 Å². The second kappa shape index (κ2) is 7.21. The van der Waals surface area contributed by atoms with Crippen LogP contribution in [-0.2, 0) is 16.8 Å².